The number of ether oxygens (including phenoxy) is 1. The van der Waals surface area contributed by atoms with Gasteiger partial charge in [0, 0.05) is 24.2 Å². The van der Waals surface area contributed by atoms with E-state index >= 15 is 0 Å². The highest BCUT2D eigenvalue weighted by molar-refractivity contribution is 6.01. The van der Waals surface area contributed by atoms with Gasteiger partial charge in [-0.05, 0) is 56.5 Å². The first kappa shape index (κ1) is 28.5. The molecule has 2 aromatic heterocycles. The summed E-state index contributed by atoms with van der Waals surface area (Å²) in [5, 5.41) is 10.7. The third-order valence-corrected chi connectivity index (χ3v) is 6.40. The number of hydrogen-bond acceptors (Lipinski definition) is 7. The number of unbranched alkanes of at least 4 members (excludes halogenated alkanes) is 4. The molecule has 0 radical (unpaired) electrons. The molecule has 11 heteroatoms. The maximum Gasteiger partial charge on any atom is 0.323 e. The van der Waals surface area contributed by atoms with Crippen molar-refractivity contribution in [2.24, 2.45) is 0 Å². The van der Waals surface area contributed by atoms with Crippen molar-refractivity contribution in [2.75, 3.05) is 23.0 Å². The molecule has 2 amide bonds. The van der Waals surface area contributed by atoms with Gasteiger partial charge in [0.25, 0.3) is 0 Å². The van der Waals surface area contributed by atoms with Gasteiger partial charge in [0.1, 0.15) is 23.7 Å². The number of benzene rings is 2. The van der Waals surface area contributed by atoms with Crippen molar-refractivity contribution in [3.8, 4) is 11.3 Å². The van der Waals surface area contributed by atoms with E-state index in [1.54, 1.807) is 24.3 Å². The first-order valence-electron chi connectivity index (χ1n) is 13.4. The summed E-state index contributed by atoms with van der Waals surface area (Å²) in [4.78, 5) is 32.4. The molecule has 210 valence electrons. The molecule has 0 saturated carbocycles. The second-order valence-electron chi connectivity index (χ2n) is 9.49. The van der Waals surface area contributed by atoms with Crippen molar-refractivity contribution < 1.29 is 18.7 Å². The predicted molar refractivity (Wildman–Crippen MR) is 153 cm³/mol. The molecule has 0 atom stereocenters. The van der Waals surface area contributed by atoms with Crippen molar-refractivity contribution in [1.29, 1.82) is 0 Å². The number of hydrogen-bond donors (Lipinski definition) is 3. The van der Waals surface area contributed by atoms with Gasteiger partial charge < -0.3 is 21.1 Å². The molecular weight excluding hydrogens is 513 g/mol. The van der Waals surface area contributed by atoms with Crippen LogP contribution in [0.25, 0.3) is 22.3 Å². The van der Waals surface area contributed by atoms with E-state index in [1.165, 1.54) is 12.4 Å². The molecule has 2 aromatic carbocycles. The number of halogens is 1. The topological polar surface area (TPSA) is 137 Å². The van der Waals surface area contributed by atoms with E-state index in [4.69, 9.17) is 15.6 Å². The minimum Gasteiger partial charge on any atom is -0.466 e. The third-order valence-electron chi connectivity index (χ3n) is 6.40. The summed E-state index contributed by atoms with van der Waals surface area (Å²) in [7, 11) is 0. The van der Waals surface area contributed by atoms with E-state index in [2.05, 4.69) is 20.6 Å². The van der Waals surface area contributed by atoms with Crippen LogP contribution in [-0.4, -0.2) is 38.4 Å². The van der Waals surface area contributed by atoms with Crippen LogP contribution in [0.2, 0.25) is 0 Å². The molecule has 2 heterocycles. The smallest absolute Gasteiger partial charge is 0.323 e. The second-order valence-corrected chi connectivity index (χ2v) is 9.49. The van der Waals surface area contributed by atoms with Crippen LogP contribution in [0.4, 0.5) is 26.4 Å². The number of esters is 1. The summed E-state index contributed by atoms with van der Waals surface area (Å²) in [6, 6.07) is 11.1. The summed E-state index contributed by atoms with van der Waals surface area (Å²) in [6.07, 6.45) is 6.60. The number of urea groups is 1. The number of carbonyl (C=O) groups excluding carboxylic acids is 2. The molecule has 0 aliphatic heterocycles. The number of nitrogens with zero attached hydrogens (tertiary/aromatic N) is 4. The molecule has 10 nitrogen and oxygen atoms in total. The highest BCUT2D eigenvalue weighted by Crippen LogP contribution is 2.31. The van der Waals surface area contributed by atoms with Crippen LogP contribution in [0.3, 0.4) is 0 Å². The zero-order valence-electron chi connectivity index (χ0n) is 22.7. The SMILES string of the molecule is CCOC(=O)CCCCCCCn1nc(-c2ccc(NC(=O)Nc3cc(C)ccc3F)cc2)c2c(N)ncnc21. The monoisotopic (exact) mass is 547 g/mol. The van der Waals surface area contributed by atoms with E-state index < -0.39 is 11.8 Å². The summed E-state index contributed by atoms with van der Waals surface area (Å²) >= 11 is 0. The van der Waals surface area contributed by atoms with Gasteiger partial charge in [0.05, 0.1) is 17.7 Å². The largest absolute Gasteiger partial charge is 0.466 e. The zero-order chi connectivity index (χ0) is 28.5. The summed E-state index contributed by atoms with van der Waals surface area (Å²) in [6.45, 7) is 4.72. The molecule has 0 aliphatic carbocycles. The average molecular weight is 548 g/mol. The van der Waals surface area contributed by atoms with E-state index in [0.717, 1.165) is 43.2 Å². The van der Waals surface area contributed by atoms with Crippen LogP contribution in [0.5, 0.6) is 0 Å². The van der Waals surface area contributed by atoms with Gasteiger partial charge in [-0.15, -0.1) is 0 Å². The predicted octanol–water partition coefficient (Wildman–Crippen LogP) is 6.07. The van der Waals surface area contributed by atoms with E-state index in [1.807, 2.05) is 30.7 Å². The molecular formula is C29H34FN7O3. The number of fused-ring (bicyclic) bond motifs is 1. The number of aromatic nitrogens is 4. The number of anilines is 3. The Morgan fingerprint density at radius 3 is 2.52 bits per heavy atom. The molecule has 4 rings (SSSR count). The number of nitrogens with two attached hydrogens (primary N) is 1. The maximum absolute atomic E-state index is 14.0. The maximum atomic E-state index is 14.0. The average Bonchev–Trinajstić information content (AvgIpc) is 3.30. The van der Waals surface area contributed by atoms with Gasteiger partial charge in [-0.1, -0.05) is 37.5 Å². The number of nitrogens with one attached hydrogen (secondary N) is 2. The van der Waals surface area contributed by atoms with Gasteiger partial charge in [-0.2, -0.15) is 5.10 Å². The van der Waals surface area contributed by atoms with Crippen LogP contribution in [0, 0.1) is 12.7 Å². The molecule has 40 heavy (non-hydrogen) atoms. The van der Waals surface area contributed by atoms with E-state index in [-0.39, 0.29) is 11.7 Å². The van der Waals surface area contributed by atoms with Crippen LogP contribution in [0.15, 0.2) is 48.8 Å². The lowest BCUT2D eigenvalue weighted by atomic mass is 10.1. The minimum absolute atomic E-state index is 0.110. The Bertz CT molecular complexity index is 1470. The van der Waals surface area contributed by atoms with Crippen LogP contribution < -0.4 is 16.4 Å². The Morgan fingerprint density at radius 1 is 1.00 bits per heavy atom. The number of nitrogen functional groups attached to an aromatic ring is 1. The number of aryl methyl sites for hydroxylation is 2. The van der Waals surface area contributed by atoms with Crippen molar-refractivity contribution in [2.45, 2.75) is 58.9 Å². The van der Waals surface area contributed by atoms with Crippen LogP contribution >= 0.6 is 0 Å². The van der Waals surface area contributed by atoms with Crippen molar-refractivity contribution in [3.05, 3.63) is 60.2 Å². The van der Waals surface area contributed by atoms with Crippen LogP contribution in [0.1, 0.15) is 51.0 Å². The Hall–Kier alpha value is -4.54. The Balaban J connectivity index is 1.38. The van der Waals surface area contributed by atoms with E-state index in [9.17, 15) is 14.0 Å². The standard InChI is InChI=1S/C29H34FN7O3/c1-3-40-24(38)9-7-5-4-6-8-16-37-28-25(27(31)32-18-33-28)26(36-37)20-11-13-21(14-12-20)34-29(39)35-23-17-19(2)10-15-22(23)30/h10-15,17-18H,3-9,16H2,1-2H3,(H2,31,32,33)(H2,34,35,39). The lowest BCUT2D eigenvalue weighted by Gasteiger charge is -2.09. The first-order chi connectivity index (χ1) is 19.4. The molecule has 4 aromatic rings. The first-order valence-corrected chi connectivity index (χ1v) is 13.4. The Morgan fingerprint density at radius 2 is 1.75 bits per heavy atom. The Labute approximate surface area is 232 Å². The molecule has 0 unspecified atom stereocenters. The van der Waals surface area contributed by atoms with Crippen molar-refractivity contribution in [3.63, 3.8) is 0 Å². The Kier molecular flexibility index (Phi) is 9.61. The molecule has 0 aliphatic rings. The molecule has 4 N–H and O–H groups in total. The number of rotatable bonds is 12. The molecule has 0 saturated heterocycles. The van der Waals surface area contributed by atoms with Crippen molar-refractivity contribution in [1.82, 2.24) is 19.7 Å². The van der Waals surface area contributed by atoms with Gasteiger partial charge in [0.2, 0.25) is 0 Å². The van der Waals surface area contributed by atoms with Gasteiger partial charge in [0.15, 0.2) is 5.65 Å². The lowest BCUT2D eigenvalue weighted by Crippen LogP contribution is -2.20. The second kappa shape index (κ2) is 13.5. The third kappa shape index (κ3) is 7.31. The highest BCUT2D eigenvalue weighted by Gasteiger charge is 2.17. The summed E-state index contributed by atoms with van der Waals surface area (Å²) < 4.78 is 20.8. The summed E-state index contributed by atoms with van der Waals surface area (Å²) in [5.41, 5.74) is 9.80. The van der Waals surface area contributed by atoms with Gasteiger partial charge in [-0.25, -0.2) is 23.8 Å². The number of amides is 2. The normalized spacial score (nSPS) is 11.0. The van der Waals surface area contributed by atoms with Gasteiger partial charge >= 0.3 is 12.0 Å². The number of carbonyl (C=O) groups is 2. The minimum atomic E-state index is -0.550. The van der Waals surface area contributed by atoms with Gasteiger partial charge in [-0.3, -0.25) is 4.79 Å². The molecule has 0 spiro atoms. The quantitative estimate of drug-likeness (QED) is 0.145. The van der Waals surface area contributed by atoms with E-state index in [0.29, 0.717) is 47.8 Å². The fourth-order valence-corrected chi connectivity index (χ4v) is 4.41. The van der Waals surface area contributed by atoms with Crippen LogP contribution in [-0.2, 0) is 16.1 Å². The zero-order valence-corrected chi connectivity index (χ0v) is 22.7. The fourth-order valence-electron chi connectivity index (χ4n) is 4.41. The van der Waals surface area contributed by atoms with Crippen molar-refractivity contribution >= 4 is 40.2 Å². The highest BCUT2D eigenvalue weighted by atomic mass is 19.1. The molecule has 0 bridgehead atoms. The summed E-state index contributed by atoms with van der Waals surface area (Å²) in [5.74, 6) is -0.306. The fraction of sp³-hybridized carbons (Fsp3) is 0.345. The molecule has 0 fully saturated rings. The lowest BCUT2D eigenvalue weighted by molar-refractivity contribution is -0.143.